The van der Waals surface area contributed by atoms with Gasteiger partial charge in [-0.2, -0.15) is 5.10 Å². The molecule has 6 nitrogen and oxygen atoms in total. The first-order valence-electron chi connectivity index (χ1n) is 11.9. The number of aliphatic hydroxyl groups excluding tert-OH is 1. The van der Waals surface area contributed by atoms with Crippen LogP contribution in [-0.4, -0.2) is 46.1 Å². The average Bonchev–Trinajstić information content (AvgIpc) is 3.13. The number of rotatable bonds is 13. The van der Waals surface area contributed by atoms with Crippen LogP contribution in [0.5, 0.6) is 17.4 Å². The molecule has 1 atom stereocenters. The maximum Gasteiger partial charge on any atom is 0.227 e. The van der Waals surface area contributed by atoms with Gasteiger partial charge >= 0.3 is 0 Å². The largest absolute Gasteiger partial charge is 0.497 e. The first kappa shape index (κ1) is 24.8. The minimum absolute atomic E-state index is 0.330. The van der Waals surface area contributed by atoms with Crippen molar-refractivity contribution in [1.29, 1.82) is 0 Å². The Labute approximate surface area is 197 Å². The summed E-state index contributed by atoms with van der Waals surface area (Å²) in [6.45, 7) is 8.54. The van der Waals surface area contributed by atoms with Gasteiger partial charge in [0.2, 0.25) is 5.88 Å². The predicted molar refractivity (Wildman–Crippen MR) is 132 cm³/mol. The van der Waals surface area contributed by atoms with Crippen LogP contribution in [-0.2, 0) is 6.54 Å². The Bertz CT molecular complexity index is 988. The van der Waals surface area contributed by atoms with Crippen molar-refractivity contribution in [2.75, 3.05) is 20.2 Å². The second-order valence-electron chi connectivity index (χ2n) is 8.43. The highest BCUT2D eigenvalue weighted by molar-refractivity contribution is 5.44. The second kappa shape index (κ2) is 12.4. The molecule has 3 rings (SSSR count). The molecule has 0 radical (unpaired) electrons. The first-order valence-corrected chi connectivity index (χ1v) is 11.9. The minimum Gasteiger partial charge on any atom is -0.497 e. The maximum atomic E-state index is 10.6. The summed E-state index contributed by atoms with van der Waals surface area (Å²) in [5.74, 6) is 2.12. The Morgan fingerprint density at radius 1 is 1.03 bits per heavy atom. The van der Waals surface area contributed by atoms with Gasteiger partial charge in [0.25, 0.3) is 0 Å². The van der Waals surface area contributed by atoms with E-state index in [0.717, 1.165) is 54.9 Å². The first-order chi connectivity index (χ1) is 16.0. The number of para-hydroxylation sites is 1. The van der Waals surface area contributed by atoms with Crippen molar-refractivity contribution in [3.05, 3.63) is 65.9 Å². The van der Waals surface area contributed by atoms with Crippen LogP contribution >= 0.6 is 0 Å². The van der Waals surface area contributed by atoms with Crippen LogP contribution in [0, 0.1) is 6.92 Å². The summed E-state index contributed by atoms with van der Waals surface area (Å²) in [7, 11) is 1.65. The van der Waals surface area contributed by atoms with Crippen molar-refractivity contribution in [1.82, 2.24) is 14.7 Å². The third kappa shape index (κ3) is 6.83. The molecule has 1 aromatic heterocycles. The number of unbranched alkanes of at least 4 members (excludes halogenated alkanes) is 1. The Kier molecular flexibility index (Phi) is 9.34. The molecule has 0 aliphatic rings. The van der Waals surface area contributed by atoms with Crippen molar-refractivity contribution in [2.45, 2.75) is 59.1 Å². The fourth-order valence-electron chi connectivity index (χ4n) is 3.95. The minimum atomic E-state index is -0.330. The van der Waals surface area contributed by atoms with Crippen molar-refractivity contribution in [3.8, 4) is 23.1 Å². The zero-order valence-corrected chi connectivity index (χ0v) is 20.3. The Balaban J connectivity index is 1.96. The maximum absolute atomic E-state index is 10.6. The molecule has 6 heteroatoms. The lowest BCUT2D eigenvalue weighted by Crippen LogP contribution is -2.33. The van der Waals surface area contributed by atoms with E-state index in [9.17, 15) is 5.11 Å². The number of hydrogen-bond acceptors (Lipinski definition) is 5. The Morgan fingerprint density at radius 2 is 1.79 bits per heavy atom. The molecule has 3 aromatic rings. The van der Waals surface area contributed by atoms with E-state index in [2.05, 4.69) is 18.7 Å². The summed E-state index contributed by atoms with van der Waals surface area (Å²) in [5.41, 5.74) is 2.88. The molecule has 0 saturated carbocycles. The molecule has 2 aromatic carbocycles. The summed E-state index contributed by atoms with van der Waals surface area (Å²) in [6.07, 6.45) is 3.64. The van der Waals surface area contributed by atoms with Crippen LogP contribution in [0.4, 0.5) is 0 Å². The molecular weight excluding hydrogens is 414 g/mol. The molecule has 1 unspecified atom stereocenters. The molecule has 0 saturated heterocycles. The van der Waals surface area contributed by atoms with Gasteiger partial charge in [-0.3, -0.25) is 4.90 Å². The van der Waals surface area contributed by atoms with E-state index in [-0.39, 0.29) is 6.10 Å². The summed E-state index contributed by atoms with van der Waals surface area (Å²) in [4.78, 5) is 2.30. The zero-order valence-electron chi connectivity index (χ0n) is 20.3. The molecule has 0 aliphatic heterocycles. The number of aliphatic hydroxyl groups is 1. The van der Waals surface area contributed by atoms with Crippen LogP contribution < -0.4 is 9.47 Å². The van der Waals surface area contributed by atoms with Crippen LogP contribution in [0.25, 0.3) is 5.69 Å². The van der Waals surface area contributed by atoms with E-state index in [1.165, 1.54) is 0 Å². The van der Waals surface area contributed by atoms with Crippen LogP contribution in [0.3, 0.4) is 0 Å². The van der Waals surface area contributed by atoms with Crippen LogP contribution in [0.2, 0.25) is 0 Å². The van der Waals surface area contributed by atoms with Crippen LogP contribution in [0.1, 0.15) is 50.8 Å². The van der Waals surface area contributed by atoms with Gasteiger partial charge in [-0.15, -0.1) is 0 Å². The number of nitrogens with zero attached hydrogens (tertiary/aromatic N) is 3. The van der Waals surface area contributed by atoms with Gasteiger partial charge in [-0.05, 0) is 50.6 Å². The second-order valence-corrected chi connectivity index (χ2v) is 8.43. The van der Waals surface area contributed by atoms with Crippen molar-refractivity contribution >= 4 is 0 Å². The number of benzene rings is 2. The van der Waals surface area contributed by atoms with Gasteiger partial charge in [0, 0.05) is 19.2 Å². The van der Waals surface area contributed by atoms with E-state index >= 15 is 0 Å². The molecule has 0 spiro atoms. The van der Waals surface area contributed by atoms with Gasteiger partial charge in [-0.1, -0.05) is 51.0 Å². The summed E-state index contributed by atoms with van der Waals surface area (Å²) >= 11 is 0. The van der Waals surface area contributed by atoms with E-state index in [1.807, 2.05) is 66.2 Å². The predicted octanol–water partition coefficient (Wildman–Crippen LogP) is 5.74. The molecule has 0 amide bonds. The molecule has 1 N–H and O–H groups in total. The number of aryl methyl sites for hydroxylation is 1. The van der Waals surface area contributed by atoms with E-state index in [4.69, 9.17) is 14.6 Å². The SMILES string of the molecule is CCCCC(O)CN(CCC)Cc1c(C)nn(-c2ccccc2)c1Oc1cccc(OC)c1. The number of aromatic nitrogens is 2. The highest BCUT2D eigenvalue weighted by Crippen LogP contribution is 2.33. The van der Waals surface area contributed by atoms with Crippen molar-refractivity contribution < 1.29 is 14.6 Å². The quantitative estimate of drug-likeness (QED) is 0.359. The van der Waals surface area contributed by atoms with Crippen molar-refractivity contribution in [2.24, 2.45) is 0 Å². The molecule has 0 bridgehead atoms. The van der Waals surface area contributed by atoms with E-state index in [1.54, 1.807) is 7.11 Å². The topological polar surface area (TPSA) is 59.8 Å². The van der Waals surface area contributed by atoms with Gasteiger partial charge < -0.3 is 14.6 Å². The summed E-state index contributed by atoms with van der Waals surface area (Å²) in [6, 6.07) is 17.6. The lowest BCUT2D eigenvalue weighted by molar-refractivity contribution is 0.0991. The van der Waals surface area contributed by atoms with Gasteiger partial charge in [0.15, 0.2) is 0 Å². The molecule has 33 heavy (non-hydrogen) atoms. The summed E-state index contributed by atoms with van der Waals surface area (Å²) in [5, 5.41) is 15.4. The van der Waals surface area contributed by atoms with Crippen LogP contribution in [0.15, 0.2) is 54.6 Å². The lowest BCUT2D eigenvalue weighted by atomic mass is 10.1. The number of methoxy groups -OCH3 is 1. The highest BCUT2D eigenvalue weighted by Gasteiger charge is 2.22. The Morgan fingerprint density at radius 3 is 2.48 bits per heavy atom. The standard InChI is InChI=1S/C27H37N3O3/c1-5-7-14-23(31)19-29(17-6-2)20-26-21(3)28-30(22-12-9-8-10-13-22)27(26)33-25-16-11-15-24(18-25)32-4/h8-13,15-16,18,23,31H,5-7,14,17,19-20H2,1-4H3. The monoisotopic (exact) mass is 451 g/mol. The van der Waals surface area contributed by atoms with Crippen molar-refractivity contribution in [3.63, 3.8) is 0 Å². The third-order valence-corrected chi connectivity index (χ3v) is 5.68. The molecule has 0 aliphatic carbocycles. The fraction of sp³-hybridized carbons (Fsp3) is 0.444. The van der Waals surface area contributed by atoms with E-state index < -0.39 is 0 Å². The Hall–Kier alpha value is -2.83. The normalized spacial score (nSPS) is 12.2. The zero-order chi connectivity index (χ0) is 23.6. The van der Waals surface area contributed by atoms with Gasteiger partial charge in [-0.25, -0.2) is 4.68 Å². The smallest absolute Gasteiger partial charge is 0.227 e. The number of ether oxygens (including phenoxy) is 2. The summed E-state index contributed by atoms with van der Waals surface area (Å²) < 4.78 is 13.7. The highest BCUT2D eigenvalue weighted by atomic mass is 16.5. The van der Waals surface area contributed by atoms with E-state index in [0.29, 0.717) is 24.7 Å². The molecule has 178 valence electrons. The average molecular weight is 452 g/mol. The number of hydrogen-bond donors (Lipinski definition) is 1. The van der Waals surface area contributed by atoms with Gasteiger partial charge in [0.1, 0.15) is 11.5 Å². The fourth-order valence-corrected chi connectivity index (χ4v) is 3.95. The molecule has 0 fully saturated rings. The third-order valence-electron chi connectivity index (χ3n) is 5.68. The molecular formula is C27H37N3O3. The lowest BCUT2D eigenvalue weighted by Gasteiger charge is -2.25. The van der Waals surface area contributed by atoms with Gasteiger partial charge in [0.05, 0.1) is 30.2 Å². The molecule has 1 heterocycles.